The molecule has 0 radical (unpaired) electrons. The second-order valence-electron chi connectivity index (χ2n) is 5.58. The number of hydrogen-bond donors (Lipinski definition) is 1. The van der Waals surface area contributed by atoms with E-state index in [4.69, 9.17) is 10.5 Å². The molecule has 6 heteroatoms. The summed E-state index contributed by atoms with van der Waals surface area (Å²) in [5.74, 6) is 0.382. The van der Waals surface area contributed by atoms with Gasteiger partial charge in [0.1, 0.15) is 0 Å². The summed E-state index contributed by atoms with van der Waals surface area (Å²) in [4.78, 5) is 0. The molecule has 2 fully saturated rings. The van der Waals surface area contributed by atoms with Gasteiger partial charge in [-0.15, -0.1) is 0 Å². The molecule has 0 saturated carbocycles. The van der Waals surface area contributed by atoms with E-state index in [1.54, 1.807) is 4.31 Å². The summed E-state index contributed by atoms with van der Waals surface area (Å²) in [5, 5.41) is 0. The average molecular weight is 276 g/mol. The van der Waals surface area contributed by atoms with Gasteiger partial charge in [-0.05, 0) is 38.0 Å². The molecule has 5 nitrogen and oxygen atoms in total. The van der Waals surface area contributed by atoms with Gasteiger partial charge < -0.3 is 10.5 Å². The number of ether oxygens (including phenoxy) is 1. The average Bonchev–Trinajstić information content (AvgIpc) is 2.81. The van der Waals surface area contributed by atoms with E-state index in [0.717, 1.165) is 38.7 Å². The minimum absolute atomic E-state index is 0.0528. The Kier molecular flexibility index (Phi) is 4.64. The van der Waals surface area contributed by atoms with Gasteiger partial charge in [0.15, 0.2) is 0 Å². The van der Waals surface area contributed by atoms with Gasteiger partial charge in [-0.2, -0.15) is 0 Å². The Hall–Kier alpha value is -0.170. The number of nitrogens with two attached hydrogens (primary N) is 1. The van der Waals surface area contributed by atoms with Crippen molar-refractivity contribution in [1.29, 1.82) is 0 Å². The van der Waals surface area contributed by atoms with E-state index >= 15 is 0 Å². The number of nitrogens with zero attached hydrogens (tertiary/aromatic N) is 1. The molecule has 0 amide bonds. The predicted molar refractivity (Wildman–Crippen MR) is 70.7 cm³/mol. The molecule has 18 heavy (non-hydrogen) atoms. The van der Waals surface area contributed by atoms with E-state index in [0.29, 0.717) is 19.0 Å². The fourth-order valence-corrected chi connectivity index (χ4v) is 3.94. The lowest BCUT2D eigenvalue weighted by molar-refractivity contribution is 0.0783. The molecule has 0 bridgehead atoms. The normalized spacial score (nSPS) is 32.6. The summed E-state index contributed by atoms with van der Waals surface area (Å²) >= 11 is 0. The molecule has 0 aliphatic carbocycles. The Morgan fingerprint density at radius 1 is 1.39 bits per heavy atom. The third-order valence-electron chi connectivity index (χ3n) is 4.00. The molecule has 106 valence electrons. The van der Waals surface area contributed by atoms with Gasteiger partial charge >= 0.3 is 0 Å². The highest BCUT2D eigenvalue weighted by molar-refractivity contribution is 7.88. The number of rotatable bonds is 4. The summed E-state index contributed by atoms with van der Waals surface area (Å²) in [6.45, 7) is 2.10. The van der Waals surface area contributed by atoms with Gasteiger partial charge in [-0.25, -0.2) is 12.7 Å². The van der Waals surface area contributed by atoms with Gasteiger partial charge in [0, 0.05) is 25.7 Å². The molecular formula is C12H24N2O3S. The van der Waals surface area contributed by atoms with Crippen molar-refractivity contribution >= 4 is 10.0 Å². The number of piperidine rings is 1. The van der Waals surface area contributed by atoms with Crippen molar-refractivity contribution in [2.24, 2.45) is 11.7 Å². The van der Waals surface area contributed by atoms with Crippen LogP contribution in [0.3, 0.4) is 0 Å². The maximum atomic E-state index is 11.5. The Balaban J connectivity index is 1.85. The molecule has 2 aliphatic heterocycles. The van der Waals surface area contributed by atoms with E-state index < -0.39 is 10.0 Å². The minimum Gasteiger partial charge on any atom is -0.377 e. The summed E-state index contributed by atoms with van der Waals surface area (Å²) in [6, 6.07) is 0.0528. The van der Waals surface area contributed by atoms with E-state index in [1.165, 1.54) is 6.26 Å². The van der Waals surface area contributed by atoms with Crippen LogP contribution in [0.15, 0.2) is 0 Å². The molecule has 0 aromatic carbocycles. The molecule has 2 aliphatic rings. The first kappa shape index (κ1) is 14.2. The van der Waals surface area contributed by atoms with Crippen LogP contribution in [0.4, 0.5) is 0 Å². The third kappa shape index (κ3) is 3.66. The second kappa shape index (κ2) is 5.86. The van der Waals surface area contributed by atoms with Crippen molar-refractivity contribution in [3.05, 3.63) is 0 Å². The lowest BCUT2D eigenvalue weighted by Crippen LogP contribution is -2.43. The van der Waals surface area contributed by atoms with Crippen molar-refractivity contribution in [3.63, 3.8) is 0 Å². The van der Waals surface area contributed by atoms with Crippen molar-refractivity contribution in [1.82, 2.24) is 4.31 Å². The Bertz CT molecular complexity index is 366. The molecule has 0 spiro atoms. The molecule has 3 atom stereocenters. The molecule has 2 saturated heterocycles. The molecular weight excluding hydrogens is 252 g/mol. The van der Waals surface area contributed by atoms with Crippen LogP contribution >= 0.6 is 0 Å². The zero-order valence-electron chi connectivity index (χ0n) is 11.0. The van der Waals surface area contributed by atoms with Crippen LogP contribution in [-0.4, -0.2) is 50.8 Å². The van der Waals surface area contributed by atoms with Gasteiger partial charge in [0.25, 0.3) is 0 Å². The van der Waals surface area contributed by atoms with Gasteiger partial charge in [0.2, 0.25) is 10.0 Å². The Labute approximate surface area is 110 Å². The summed E-state index contributed by atoms with van der Waals surface area (Å²) in [5.41, 5.74) is 6.17. The molecule has 2 N–H and O–H groups in total. The highest BCUT2D eigenvalue weighted by Crippen LogP contribution is 2.25. The fourth-order valence-electron chi connectivity index (χ4n) is 3.00. The highest BCUT2D eigenvalue weighted by atomic mass is 32.2. The zero-order valence-corrected chi connectivity index (χ0v) is 11.9. The van der Waals surface area contributed by atoms with Gasteiger partial charge in [0.05, 0.1) is 12.4 Å². The topological polar surface area (TPSA) is 72.6 Å². The molecule has 0 aromatic heterocycles. The predicted octanol–water partition coefficient (Wildman–Crippen LogP) is 0.554. The standard InChI is InChI=1S/C12H24N2O3S/c1-18(15,16)14-6-2-4-10(9-14)8-11(13)12-5-3-7-17-12/h10-12H,2-9,13H2,1H3. The Morgan fingerprint density at radius 3 is 2.78 bits per heavy atom. The van der Waals surface area contributed by atoms with Crippen molar-refractivity contribution in [3.8, 4) is 0 Å². The van der Waals surface area contributed by atoms with Crippen molar-refractivity contribution < 1.29 is 13.2 Å². The SMILES string of the molecule is CS(=O)(=O)N1CCCC(CC(N)C2CCCO2)C1. The maximum Gasteiger partial charge on any atom is 0.211 e. The maximum absolute atomic E-state index is 11.5. The van der Waals surface area contributed by atoms with E-state index in [2.05, 4.69) is 0 Å². The first-order chi connectivity index (χ1) is 8.47. The number of hydrogen-bond acceptors (Lipinski definition) is 4. The Morgan fingerprint density at radius 2 is 2.17 bits per heavy atom. The second-order valence-corrected chi connectivity index (χ2v) is 7.56. The zero-order chi connectivity index (χ0) is 13.2. The van der Waals surface area contributed by atoms with Crippen LogP contribution in [0.5, 0.6) is 0 Å². The summed E-state index contributed by atoms with van der Waals surface area (Å²) in [6.07, 6.45) is 6.50. The van der Waals surface area contributed by atoms with Crippen LogP contribution in [-0.2, 0) is 14.8 Å². The monoisotopic (exact) mass is 276 g/mol. The quantitative estimate of drug-likeness (QED) is 0.814. The smallest absolute Gasteiger partial charge is 0.211 e. The van der Waals surface area contributed by atoms with Crippen LogP contribution in [0, 0.1) is 5.92 Å². The van der Waals surface area contributed by atoms with E-state index in [9.17, 15) is 8.42 Å². The van der Waals surface area contributed by atoms with Crippen molar-refractivity contribution in [2.45, 2.75) is 44.2 Å². The van der Waals surface area contributed by atoms with E-state index in [1.807, 2.05) is 0 Å². The van der Waals surface area contributed by atoms with Crippen LogP contribution in [0.2, 0.25) is 0 Å². The minimum atomic E-state index is -3.05. The molecule has 2 rings (SSSR count). The van der Waals surface area contributed by atoms with E-state index in [-0.39, 0.29) is 12.1 Å². The van der Waals surface area contributed by atoms with Crippen LogP contribution in [0.25, 0.3) is 0 Å². The van der Waals surface area contributed by atoms with Crippen molar-refractivity contribution in [2.75, 3.05) is 26.0 Å². The first-order valence-corrected chi connectivity index (χ1v) is 8.64. The van der Waals surface area contributed by atoms with Gasteiger partial charge in [-0.1, -0.05) is 0 Å². The molecule has 0 aromatic rings. The lowest BCUT2D eigenvalue weighted by atomic mass is 9.90. The third-order valence-corrected chi connectivity index (χ3v) is 5.27. The first-order valence-electron chi connectivity index (χ1n) is 6.79. The number of sulfonamides is 1. The molecule has 3 unspecified atom stereocenters. The summed E-state index contributed by atoms with van der Waals surface area (Å²) < 4.78 is 30.3. The largest absolute Gasteiger partial charge is 0.377 e. The van der Waals surface area contributed by atoms with Gasteiger partial charge in [-0.3, -0.25) is 0 Å². The van der Waals surface area contributed by atoms with Crippen LogP contribution in [0.1, 0.15) is 32.1 Å². The van der Waals surface area contributed by atoms with Crippen LogP contribution < -0.4 is 5.73 Å². The molecule has 2 heterocycles. The summed E-state index contributed by atoms with van der Waals surface area (Å²) in [7, 11) is -3.05. The lowest BCUT2D eigenvalue weighted by Gasteiger charge is -2.33. The highest BCUT2D eigenvalue weighted by Gasteiger charge is 2.30. The fraction of sp³-hybridized carbons (Fsp3) is 1.00.